The van der Waals surface area contributed by atoms with E-state index in [-0.39, 0.29) is 23.0 Å². The van der Waals surface area contributed by atoms with E-state index < -0.39 is 0 Å². The standard InChI is InChI=1S/C73H72BN3O/c1-41-31-63-66-64(32-41)77(69-46(6)35-51(36-47(69)7)73(14,15)16)62-40-61-56(55-37-49(71(8,9)10)27-29-59(55)75(61)67-42(2)21-19-22-43(67)3)39-58(62)74(66)57-38-50(72(11,12)13)28-30-60(57)76(63)68-44(4)33-48(34-45(68)5)52-24-20-25-54-53-23-17-18-26-65(53)78-70(52)54/h17-40H,1-16H3. The quantitative estimate of drug-likeness (QED) is 0.164. The Morgan fingerprint density at radius 1 is 0.385 bits per heavy atom. The molecule has 0 bridgehead atoms. The number of rotatable bonds is 4. The summed E-state index contributed by atoms with van der Waals surface area (Å²) in [5.74, 6) is 0. The fraction of sp³-hybridized carbons (Fsp3) is 0.260. The third-order valence-corrected chi connectivity index (χ3v) is 17.5. The Morgan fingerprint density at radius 2 is 0.923 bits per heavy atom. The summed E-state index contributed by atoms with van der Waals surface area (Å²) >= 11 is 0. The van der Waals surface area contributed by atoms with Crippen LogP contribution in [0.4, 0.5) is 34.1 Å². The van der Waals surface area contributed by atoms with Crippen molar-refractivity contribution in [3.05, 3.63) is 201 Å². The summed E-state index contributed by atoms with van der Waals surface area (Å²) in [5, 5.41) is 4.86. The highest BCUT2D eigenvalue weighted by molar-refractivity contribution is 7.00. The predicted molar refractivity (Wildman–Crippen MR) is 337 cm³/mol. The Morgan fingerprint density at radius 3 is 1.56 bits per heavy atom. The van der Waals surface area contributed by atoms with Crippen LogP contribution in [-0.2, 0) is 16.2 Å². The van der Waals surface area contributed by atoms with Gasteiger partial charge in [0, 0.05) is 49.9 Å². The molecule has 0 saturated carbocycles. The molecule has 0 unspecified atom stereocenters. The minimum Gasteiger partial charge on any atom is -0.455 e. The van der Waals surface area contributed by atoms with Crippen molar-refractivity contribution < 1.29 is 4.42 Å². The molecule has 0 N–H and O–H groups in total. The Bertz CT molecular complexity index is 4300. The summed E-state index contributed by atoms with van der Waals surface area (Å²) in [7, 11) is 0. The number of aryl methyl sites for hydroxylation is 7. The summed E-state index contributed by atoms with van der Waals surface area (Å²) < 4.78 is 9.24. The molecule has 11 aromatic rings. The maximum absolute atomic E-state index is 6.66. The molecule has 9 aromatic carbocycles. The monoisotopic (exact) mass is 1020 g/mol. The molecule has 0 radical (unpaired) electrons. The summed E-state index contributed by atoms with van der Waals surface area (Å²) in [6.45, 7) is 37.1. The van der Waals surface area contributed by atoms with Gasteiger partial charge in [0.1, 0.15) is 11.2 Å². The van der Waals surface area contributed by atoms with E-state index in [1.54, 1.807) is 0 Å². The number of furan rings is 1. The van der Waals surface area contributed by atoms with E-state index in [1.807, 2.05) is 0 Å². The number of para-hydroxylation sites is 3. The second-order valence-electron chi connectivity index (χ2n) is 26.3. The zero-order valence-electron chi connectivity index (χ0n) is 48.7. The average Bonchev–Trinajstić information content (AvgIpc) is 3.43. The van der Waals surface area contributed by atoms with Gasteiger partial charge in [-0.3, -0.25) is 0 Å². The van der Waals surface area contributed by atoms with Crippen LogP contribution in [0.5, 0.6) is 0 Å². The van der Waals surface area contributed by atoms with Crippen LogP contribution in [0.2, 0.25) is 0 Å². The van der Waals surface area contributed by atoms with E-state index >= 15 is 0 Å². The van der Waals surface area contributed by atoms with Crippen molar-refractivity contribution in [3.63, 3.8) is 0 Å². The van der Waals surface area contributed by atoms with E-state index in [4.69, 9.17) is 4.42 Å². The van der Waals surface area contributed by atoms with Crippen molar-refractivity contribution in [3.8, 4) is 16.8 Å². The minimum atomic E-state index is -0.0832. The maximum Gasteiger partial charge on any atom is 0.252 e. The van der Waals surface area contributed by atoms with Crippen LogP contribution >= 0.6 is 0 Å². The number of hydrogen-bond acceptors (Lipinski definition) is 3. The van der Waals surface area contributed by atoms with Gasteiger partial charge in [0.25, 0.3) is 6.71 Å². The zero-order valence-corrected chi connectivity index (χ0v) is 48.7. The van der Waals surface area contributed by atoms with Crippen LogP contribution < -0.4 is 26.2 Å². The van der Waals surface area contributed by atoms with Crippen molar-refractivity contribution in [1.29, 1.82) is 0 Å². The first kappa shape index (κ1) is 49.8. The van der Waals surface area contributed by atoms with Gasteiger partial charge in [-0.15, -0.1) is 0 Å². The van der Waals surface area contributed by atoms with Gasteiger partial charge < -0.3 is 18.8 Å². The summed E-state index contributed by atoms with van der Waals surface area (Å²) in [5.41, 5.74) is 31.8. The summed E-state index contributed by atoms with van der Waals surface area (Å²) in [6.07, 6.45) is 0. The van der Waals surface area contributed by atoms with E-state index in [1.165, 1.54) is 134 Å². The van der Waals surface area contributed by atoms with Gasteiger partial charge in [0.05, 0.1) is 28.1 Å². The van der Waals surface area contributed by atoms with E-state index in [0.717, 1.165) is 33.1 Å². The molecule has 0 amide bonds. The van der Waals surface area contributed by atoms with Crippen LogP contribution in [0.15, 0.2) is 150 Å². The van der Waals surface area contributed by atoms with Gasteiger partial charge in [-0.05, 0) is 197 Å². The summed E-state index contributed by atoms with van der Waals surface area (Å²) in [4.78, 5) is 5.31. The van der Waals surface area contributed by atoms with E-state index in [9.17, 15) is 0 Å². The lowest BCUT2D eigenvalue weighted by Gasteiger charge is -2.46. The maximum atomic E-state index is 6.66. The van der Waals surface area contributed by atoms with E-state index in [0.29, 0.717) is 0 Å². The molecule has 0 aliphatic carbocycles. The smallest absolute Gasteiger partial charge is 0.252 e. The Hall–Kier alpha value is -7.76. The minimum absolute atomic E-state index is 0.00924. The first-order valence-corrected chi connectivity index (χ1v) is 28.2. The zero-order chi connectivity index (χ0) is 54.8. The van der Waals surface area contributed by atoms with Gasteiger partial charge in [-0.1, -0.05) is 153 Å². The molecule has 2 aliphatic rings. The van der Waals surface area contributed by atoms with Crippen LogP contribution in [0, 0.1) is 48.5 Å². The van der Waals surface area contributed by atoms with Crippen molar-refractivity contribution >= 4 is 101 Å². The molecular weight excluding hydrogens is 946 g/mol. The van der Waals surface area contributed by atoms with Gasteiger partial charge in [-0.2, -0.15) is 0 Å². The topological polar surface area (TPSA) is 24.6 Å². The SMILES string of the molecule is Cc1cc2c3c(c1)N(c1c(C)cc(C(C)(C)C)cc1C)c1cc4c(cc1B3c1cc(C(C)(C)C)ccc1N2c1c(C)cc(-c2cccc3c2oc2ccccc23)cc1C)c1cc(C(C)(C)C)ccc1n4-c1c(C)cccc1C. The number of anilines is 6. The number of fused-ring (bicyclic) bond motifs is 10. The molecule has 5 heteroatoms. The van der Waals surface area contributed by atoms with Crippen molar-refractivity contribution in [1.82, 2.24) is 4.57 Å². The first-order valence-electron chi connectivity index (χ1n) is 28.2. The second-order valence-corrected chi connectivity index (χ2v) is 26.3. The van der Waals surface area contributed by atoms with Crippen LogP contribution in [0.25, 0.3) is 60.6 Å². The molecule has 388 valence electrons. The number of benzene rings is 9. The lowest BCUT2D eigenvalue weighted by molar-refractivity contribution is 0.589. The van der Waals surface area contributed by atoms with Crippen LogP contribution in [-0.4, -0.2) is 11.3 Å². The number of nitrogens with zero attached hydrogens (tertiary/aromatic N) is 3. The third-order valence-electron chi connectivity index (χ3n) is 17.5. The first-order chi connectivity index (χ1) is 37.0. The fourth-order valence-electron chi connectivity index (χ4n) is 13.6. The van der Waals surface area contributed by atoms with E-state index in [2.05, 4.69) is 271 Å². The van der Waals surface area contributed by atoms with Crippen molar-refractivity contribution in [2.45, 2.75) is 127 Å². The molecule has 2 aliphatic heterocycles. The lowest BCUT2D eigenvalue weighted by Crippen LogP contribution is -2.61. The van der Waals surface area contributed by atoms with Gasteiger partial charge >= 0.3 is 0 Å². The predicted octanol–water partition coefficient (Wildman–Crippen LogP) is 18.5. The third kappa shape index (κ3) is 7.47. The Labute approximate surface area is 462 Å². The number of aromatic nitrogens is 1. The van der Waals surface area contributed by atoms with Crippen molar-refractivity contribution in [2.24, 2.45) is 0 Å². The van der Waals surface area contributed by atoms with Crippen LogP contribution in [0.3, 0.4) is 0 Å². The highest BCUT2D eigenvalue weighted by Crippen LogP contribution is 2.51. The molecule has 0 spiro atoms. The number of hydrogen-bond donors (Lipinski definition) is 0. The normalized spacial score (nSPS) is 13.6. The molecule has 0 saturated heterocycles. The highest BCUT2D eigenvalue weighted by Gasteiger charge is 2.45. The molecule has 2 aromatic heterocycles. The average molecular weight is 1020 g/mol. The highest BCUT2D eigenvalue weighted by atomic mass is 16.3. The molecule has 4 nitrogen and oxygen atoms in total. The lowest BCUT2D eigenvalue weighted by atomic mass is 9.33. The molecule has 78 heavy (non-hydrogen) atoms. The molecule has 0 atom stereocenters. The Kier molecular flexibility index (Phi) is 10.9. The molecular formula is C73H72BN3O. The van der Waals surface area contributed by atoms with Gasteiger partial charge in [-0.25, -0.2) is 0 Å². The largest absolute Gasteiger partial charge is 0.455 e. The fourth-order valence-corrected chi connectivity index (χ4v) is 13.6. The van der Waals surface area contributed by atoms with Crippen LogP contribution in [0.1, 0.15) is 118 Å². The molecule has 0 fully saturated rings. The van der Waals surface area contributed by atoms with Gasteiger partial charge in [0.15, 0.2) is 0 Å². The second kappa shape index (κ2) is 17.1. The molecule has 13 rings (SSSR count). The summed E-state index contributed by atoms with van der Waals surface area (Å²) in [6, 6.07) is 56.2. The van der Waals surface area contributed by atoms with Crippen molar-refractivity contribution in [2.75, 3.05) is 9.80 Å². The Balaban J connectivity index is 1.14. The molecule has 4 heterocycles. The van der Waals surface area contributed by atoms with Gasteiger partial charge in [0.2, 0.25) is 0 Å².